The Morgan fingerprint density at radius 1 is 1.44 bits per heavy atom. The standard InChI is InChI=1S/C12H12O3S/c13-12(10-5-2-1-3-6-10)15-9-11-14-7-4-8-16-11/h1-7,11H,8-9H2. The summed E-state index contributed by atoms with van der Waals surface area (Å²) in [5.41, 5.74) is 0.483. The van der Waals surface area contributed by atoms with Crippen molar-refractivity contribution in [2.75, 3.05) is 12.4 Å². The second-order valence-electron chi connectivity index (χ2n) is 3.24. The largest absolute Gasteiger partial charge is 0.484 e. The molecule has 4 heteroatoms. The predicted molar refractivity (Wildman–Crippen MR) is 63.2 cm³/mol. The van der Waals surface area contributed by atoms with Crippen LogP contribution in [-0.2, 0) is 9.47 Å². The van der Waals surface area contributed by atoms with E-state index in [1.165, 1.54) is 0 Å². The summed E-state index contributed by atoms with van der Waals surface area (Å²) >= 11 is 1.61. The smallest absolute Gasteiger partial charge is 0.338 e. The molecule has 16 heavy (non-hydrogen) atoms. The van der Waals surface area contributed by atoms with Crippen molar-refractivity contribution in [1.82, 2.24) is 0 Å². The van der Waals surface area contributed by atoms with Crippen LogP contribution in [0.4, 0.5) is 0 Å². The molecule has 1 aromatic rings. The molecule has 0 saturated heterocycles. The van der Waals surface area contributed by atoms with E-state index in [-0.39, 0.29) is 18.0 Å². The minimum atomic E-state index is -0.306. The van der Waals surface area contributed by atoms with Crippen LogP contribution in [0.5, 0.6) is 0 Å². The van der Waals surface area contributed by atoms with Crippen molar-refractivity contribution >= 4 is 17.7 Å². The van der Waals surface area contributed by atoms with E-state index < -0.39 is 0 Å². The summed E-state index contributed by atoms with van der Waals surface area (Å²) in [6.45, 7) is 0.280. The molecule has 1 atom stereocenters. The Morgan fingerprint density at radius 3 is 2.94 bits per heavy atom. The monoisotopic (exact) mass is 236 g/mol. The molecule has 0 amide bonds. The van der Waals surface area contributed by atoms with Gasteiger partial charge in [0.15, 0.2) is 5.44 Å². The van der Waals surface area contributed by atoms with Gasteiger partial charge in [-0.05, 0) is 18.2 Å². The maximum absolute atomic E-state index is 11.6. The number of ether oxygens (including phenoxy) is 2. The van der Waals surface area contributed by atoms with Crippen molar-refractivity contribution in [3.63, 3.8) is 0 Å². The highest BCUT2D eigenvalue weighted by molar-refractivity contribution is 7.99. The van der Waals surface area contributed by atoms with Crippen LogP contribution in [0, 0.1) is 0 Å². The van der Waals surface area contributed by atoms with Gasteiger partial charge in [0.25, 0.3) is 0 Å². The Hall–Kier alpha value is -1.42. The van der Waals surface area contributed by atoms with Crippen LogP contribution in [0.25, 0.3) is 0 Å². The van der Waals surface area contributed by atoms with Gasteiger partial charge in [0, 0.05) is 5.75 Å². The lowest BCUT2D eigenvalue weighted by Crippen LogP contribution is -2.19. The number of thioether (sulfide) groups is 1. The van der Waals surface area contributed by atoms with Crippen LogP contribution in [0.3, 0.4) is 0 Å². The number of hydrogen-bond donors (Lipinski definition) is 0. The highest BCUT2D eigenvalue weighted by Crippen LogP contribution is 2.18. The van der Waals surface area contributed by atoms with E-state index in [0.717, 1.165) is 5.75 Å². The lowest BCUT2D eigenvalue weighted by Gasteiger charge is -2.18. The fraction of sp³-hybridized carbons (Fsp3) is 0.250. The second kappa shape index (κ2) is 5.61. The minimum absolute atomic E-state index is 0.0855. The van der Waals surface area contributed by atoms with Crippen LogP contribution >= 0.6 is 11.8 Å². The van der Waals surface area contributed by atoms with Gasteiger partial charge in [-0.2, -0.15) is 0 Å². The molecule has 1 aliphatic rings. The van der Waals surface area contributed by atoms with Crippen molar-refractivity contribution in [3.8, 4) is 0 Å². The molecular formula is C12H12O3S. The normalized spacial score (nSPS) is 18.9. The summed E-state index contributed by atoms with van der Waals surface area (Å²) in [4.78, 5) is 11.6. The Morgan fingerprint density at radius 2 is 2.25 bits per heavy atom. The van der Waals surface area contributed by atoms with E-state index in [0.29, 0.717) is 5.56 Å². The average molecular weight is 236 g/mol. The molecule has 1 aliphatic heterocycles. The van der Waals surface area contributed by atoms with Crippen LogP contribution < -0.4 is 0 Å². The molecule has 0 spiro atoms. The van der Waals surface area contributed by atoms with Gasteiger partial charge in [-0.15, -0.1) is 11.8 Å². The topological polar surface area (TPSA) is 35.5 Å². The average Bonchev–Trinajstić information content (AvgIpc) is 2.38. The molecule has 1 aromatic carbocycles. The van der Waals surface area contributed by atoms with Gasteiger partial charge in [-0.3, -0.25) is 0 Å². The summed E-state index contributed by atoms with van der Waals surface area (Å²) in [5.74, 6) is 0.590. The fourth-order valence-corrected chi connectivity index (χ4v) is 1.98. The highest BCUT2D eigenvalue weighted by Gasteiger charge is 2.14. The van der Waals surface area contributed by atoms with Gasteiger partial charge < -0.3 is 9.47 Å². The summed E-state index contributed by atoms with van der Waals surface area (Å²) in [6.07, 6.45) is 3.58. The van der Waals surface area contributed by atoms with Crippen LogP contribution in [0.15, 0.2) is 42.7 Å². The number of benzene rings is 1. The molecule has 1 heterocycles. The van der Waals surface area contributed by atoms with Gasteiger partial charge in [0.1, 0.15) is 6.61 Å². The zero-order chi connectivity index (χ0) is 11.2. The molecule has 1 unspecified atom stereocenters. The van der Waals surface area contributed by atoms with E-state index in [1.807, 2.05) is 24.3 Å². The van der Waals surface area contributed by atoms with Crippen LogP contribution in [-0.4, -0.2) is 23.8 Å². The molecule has 2 rings (SSSR count). The van der Waals surface area contributed by atoms with E-state index in [4.69, 9.17) is 9.47 Å². The molecule has 0 fully saturated rings. The van der Waals surface area contributed by atoms with Gasteiger partial charge in [0.2, 0.25) is 0 Å². The number of hydrogen-bond acceptors (Lipinski definition) is 4. The predicted octanol–water partition coefficient (Wildman–Crippen LogP) is 2.45. The van der Waals surface area contributed by atoms with Gasteiger partial charge in [0.05, 0.1) is 11.8 Å². The Kier molecular flexibility index (Phi) is 3.88. The first-order valence-corrected chi connectivity index (χ1v) is 6.05. The van der Waals surface area contributed by atoms with Crippen molar-refractivity contribution in [2.45, 2.75) is 5.44 Å². The molecule has 84 valence electrons. The second-order valence-corrected chi connectivity index (χ2v) is 4.43. The van der Waals surface area contributed by atoms with Gasteiger partial charge in [-0.25, -0.2) is 4.79 Å². The van der Waals surface area contributed by atoms with Crippen LogP contribution in [0.1, 0.15) is 10.4 Å². The molecule has 3 nitrogen and oxygen atoms in total. The summed E-state index contributed by atoms with van der Waals surface area (Å²) < 4.78 is 10.4. The highest BCUT2D eigenvalue weighted by atomic mass is 32.2. The van der Waals surface area contributed by atoms with Crippen LogP contribution in [0.2, 0.25) is 0 Å². The summed E-state index contributed by atoms with van der Waals surface area (Å²) in [5, 5.41) is 0. The quantitative estimate of drug-likeness (QED) is 0.755. The zero-order valence-electron chi connectivity index (χ0n) is 8.67. The van der Waals surface area contributed by atoms with E-state index >= 15 is 0 Å². The van der Waals surface area contributed by atoms with Crippen molar-refractivity contribution in [2.24, 2.45) is 0 Å². The molecular weight excluding hydrogens is 224 g/mol. The lowest BCUT2D eigenvalue weighted by molar-refractivity contribution is 0.0375. The van der Waals surface area contributed by atoms with E-state index in [1.54, 1.807) is 30.2 Å². The van der Waals surface area contributed by atoms with Crippen molar-refractivity contribution in [3.05, 3.63) is 48.2 Å². The number of esters is 1. The first-order chi connectivity index (χ1) is 7.86. The third-order valence-corrected chi connectivity index (χ3v) is 3.07. The van der Waals surface area contributed by atoms with E-state index in [9.17, 15) is 4.79 Å². The molecule has 0 radical (unpaired) electrons. The number of carbonyl (C=O) groups excluding carboxylic acids is 1. The summed E-state index contributed by atoms with van der Waals surface area (Å²) in [6, 6.07) is 8.95. The van der Waals surface area contributed by atoms with Gasteiger partial charge in [-0.1, -0.05) is 18.2 Å². The third kappa shape index (κ3) is 3.03. The lowest BCUT2D eigenvalue weighted by atomic mass is 10.2. The maximum Gasteiger partial charge on any atom is 0.338 e. The molecule has 0 bridgehead atoms. The Labute approximate surface area is 98.4 Å². The first-order valence-electron chi connectivity index (χ1n) is 5.00. The van der Waals surface area contributed by atoms with Crippen molar-refractivity contribution < 1.29 is 14.3 Å². The molecule has 0 aromatic heterocycles. The molecule has 0 aliphatic carbocycles. The maximum atomic E-state index is 11.6. The fourth-order valence-electron chi connectivity index (χ4n) is 1.27. The number of carbonyl (C=O) groups is 1. The Bertz CT molecular complexity index is 375. The van der Waals surface area contributed by atoms with Gasteiger partial charge >= 0.3 is 5.97 Å². The van der Waals surface area contributed by atoms with E-state index in [2.05, 4.69) is 0 Å². The number of rotatable bonds is 3. The minimum Gasteiger partial charge on any atom is -0.484 e. The first kappa shape index (κ1) is 11.1. The third-order valence-electron chi connectivity index (χ3n) is 2.06. The Balaban J connectivity index is 1.82. The SMILES string of the molecule is O=C(OCC1OC=CCS1)c1ccccc1. The zero-order valence-corrected chi connectivity index (χ0v) is 9.48. The van der Waals surface area contributed by atoms with Crippen molar-refractivity contribution in [1.29, 1.82) is 0 Å². The molecule has 0 saturated carbocycles. The molecule has 0 N–H and O–H groups in total. The summed E-state index contributed by atoms with van der Waals surface area (Å²) in [7, 11) is 0.